The Morgan fingerprint density at radius 1 is 1.50 bits per heavy atom. The van der Waals surface area contributed by atoms with E-state index in [4.69, 9.17) is 21.4 Å². The quantitative estimate of drug-likeness (QED) is 0.809. The van der Waals surface area contributed by atoms with Gasteiger partial charge in [-0.25, -0.2) is 0 Å². The van der Waals surface area contributed by atoms with Crippen LogP contribution in [0.15, 0.2) is 12.1 Å². The van der Waals surface area contributed by atoms with Crippen LogP contribution in [0.25, 0.3) is 0 Å². The van der Waals surface area contributed by atoms with E-state index in [0.29, 0.717) is 10.8 Å². The summed E-state index contributed by atoms with van der Waals surface area (Å²) in [4.78, 5) is 23.7. The second kappa shape index (κ2) is 6.24. The van der Waals surface area contributed by atoms with Crippen LogP contribution in [-0.4, -0.2) is 42.6 Å². The fraction of sp³-hybridized carbons (Fsp3) is 0.273. The van der Waals surface area contributed by atoms with Gasteiger partial charge in [0.15, 0.2) is 0 Å². The first-order valence-corrected chi connectivity index (χ1v) is 6.32. The predicted molar refractivity (Wildman–Crippen MR) is 75.3 cm³/mol. The maximum absolute atomic E-state index is 12.0. The molecule has 0 heterocycles. The molecule has 7 heteroatoms. The van der Waals surface area contributed by atoms with E-state index in [9.17, 15) is 9.59 Å². The number of hydrogen-bond donors (Lipinski definition) is 1. The Kier molecular flexibility index (Phi) is 5.21. The smallest absolute Gasteiger partial charge is 0.323 e. The van der Waals surface area contributed by atoms with Crippen LogP contribution in [-0.2, 0) is 4.79 Å². The lowest BCUT2D eigenvalue weighted by atomic mass is 10.1. The van der Waals surface area contributed by atoms with Crippen molar-refractivity contribution in [3.8, 4) is 5.75 Å². The molecule has 1 rings (SSSR count). The second-order valence-corrected chi connectivity index (χ2v) is 5.09. The SMILES string of the molecule is COc1cc(I)c(Cl)cc1C(=O)N(C)CC(=O)O. The molecule has 1 aromatic carbocycles. The van der Waals surface area contributed by atoms with Crippen LogP contribution in [0.4, 0.5) is 0 Å². The number of carbonyl (C=O) groups is 2. The fourth-order valence-corrected chi connectivity index (χ4v) is 1.95. The number of carbonyl (C=O) groups excluding carboxylic acids is 1. The third-order valence-electron chi connectivity index (χ3n) is 2.19. The van der Waals surface area contributed by atoms with Crippen molar-refractivity contribution in [2.75, 3.05) is 20.7 Å². The normalized spacial score (nSPS) is 10.0. The molecule has 98 valence electrons. The Morgan fingerprint density at radius 2 is 2.11 bits per heavy atom. The van der Waals surface area contributed by atoms with E-state index in [1.807, 2.05) is 22.6 Å². The summed E-state index contributed by atoms with van der Waals surface area (Å²) in [6.07, 6.45) is 0. The summed E-state index contributed by atoms with van der Waals surface area (Å²) in [6, 6.07) is 3.10. The molecule has 0 atom stereocenters. The zero-order valence-corrected chi connectivity index (χ0v) is 12.7. The summed E-state index contributed by atoms with van der Waals surface area (Å²) < 4.78 is 5.85. The van der Waals surface area contributed by atoms with Gasteiger partial charge in [0.1, 0.15) is 12.3 Å². The van der Waals surface area contributed by atoms with Crippen LogP contribution in [0.2, 0.25) is 5.02 Å². The van der Waals surface area contributed by atoms with Crippen molar-refractivity contribution in [3.05, 3.63) is 26.3 Å². The second-order valence-electron chi connectivity index (χ2n) is 3.52. The number of carboxylic acid groups (broad SMARTS) is 1. The van der Waals surface area contributed by atoms with Crippen LogP contribution in [0.5, 0.6) is 5.75 Å². The van der Waals surface area contributed by atoms with Crippen molar-refractivity contribution in [1.82, 2.24) is 4.90 Å². The molecule has 1 amide bonds. The summed E-state index contributed by atoms with van der Waals surface area (Å²) in [6.45, 7) is -0.383. The van der Waals surface area contributed by atoms with E-state index in [1.165, 1.54) is 20.2 Å². The maximum Gasteiger partial charge on any atom is 0.323 e. The molecule has 0 bridgehead atoms. The average molecular weight is 384 g/mol. The van der Waals surface area contributed by atoms with E-state index >= 15 is 0 Å². The van der Waals surface area contributed by atoms with Crippen LogP contribution in [0, 0.1) is 3.57 Å². The number of aliphatic carboxylic acids is 1. The average Bonchev–Trinajstić information content (AvgIpc) is 2.30. The highest BCUT2D eigenvalue weighted by atomic mass is 127. The van der Waals surface area contributed by atoms with Crippen molar-refractivity contribution in [2.45, 2.75) is 0 Å². The number of hydrogen-bond acceptors (Lipinski definition) is 3. The molecule has 1 N–H and O–H groups in total. The number of ether oxygens (including phenoxy) is 1. The van der Waals surface area contributed by atoms with E-state index in [-0.39, 0.29) is 12.1 Å². The van der Waals surface area contributed by atoms with Gasteiger partial charge >= 0.3 is 5.97 Å². The number of carboxylic acids is 1. The van der Waals surface area contributed by atoms with Gasteiger partial charge in [-0.3, -0.25) is 9.59 Å². The monoisotopic (exact) mass is 383 g/mol. The standard InChI is InChI=1S/C11H11ClINO4/c1-14(5-10(15)16)11(17)6-3-7(12)8(13)4-9(6)18-2/h3-4H,5H2,1-2H3,(H,15,16). The molecule has 0 unspecified atom stereocenters. The molecule has 1 aromatic rings. The van der Waals surface area contributed by atoms with Gasteiger partial charge in [0.2, 0.25) is 0 Å². The van der Waals surface area contributed by atoms with Gasteiger partial charge in [0, 0.05) is 10.6 Å². The molecule has 5 nitrogen and oxygen atoms in total. The Hall–Kier alpha value is -1.02. The topological polar surface area (TPSA) is 66.8 Å². The summed E-state index contributed by atoms with van der Waals surface area (Å²) in [5.74, 6) is -1.17. The van der Waals surface area contributed by atoms with Crippen LogP contribution in [0.3, 0.4) is 0 Å². The molecule has 0 spiro atoms. The lowest BCUT2D eigenvalue weighted by molar-refractivity contribution is -0.137. The molecule has 0 aliphatic carbocycles. The summed E-state index contributed by atoms with van der Waals surface area (Å²) >= 11 is 7.97. The van der Waals surface area contributed by atoms with Gasteiger partial charge in [0.05, 0.1) is 17.7 Å². The van der Waals surface area contributed by atoms with Gasteiger partial charge < -0.3 is 14.7 Å². The lowest BCUT2D eigenvalue weighted by Crippen LogP contribution is -2.32. The minimum atomic E-state index is -1.08. The van der Waals surface area contributed by atoms with Gasteiger partial charge in [-0.1, -0.05) is 11.6 Å². The first-order chi connectivity index (χ1) is 8.36. The third-order valence-corrected chi connectivity index (χ3v) is 3.72. The molecule has 0 radical (unpaired) electrons. The van der Waals surface area contributed by atoms with Gasteiger partial charge in [-0.15, -0.1) is 0 Å². The lowest BCUT2D eigenvalue weighted by Gasteiger charge is -2.17. The Bertz CT molecular complexity index is 492. The first-order valence-electron chi connectivity index (χ1n) is 4.87. The summed E-state index contributed by atoms with van der Waals surface area (Å²) in [5.41, 5.74) is 0.242. The van der Waals surface area contributed by atoms with Crippen molar-refractivity contribution < 1.29 is 19.4 Å². The van der Waals surface area contributed by atoms with Crippen LogP contribution < -0.4 is 4.74 Å². The number of rotatable bonds is 4. The zero-order valence-electron chi connectivity index (χ0n) is 9.74. The first kappa shape index (κ1) is 15.0. The van der Waals surface area contributed by atoms with Crippen molar-refractivity contribution in [3.63, 3.8) is 0 Å². The molecule has 0 saturated heterocycles. The molecule has 0 aliphatic rings. The zero-order chi connectivity index (χ0) is 13.9. The molecular weight excluding hydrogens is 372 g/mol. The van der Waals surface area contributed by atoms with Gasteiger partial charge in [-0.2, -0.15) is 0 Å². The van der Waals surface area contributed by atoms with E-state index in [1.54, 1.807) is 6.07 Å². The third kappa shape index (κ3) is 3.49. The molecule has 18 heavy (non-hydrogen) atoms. The van der Waals surface area contributed by atoms with Crippen molar-refractivity contribution >= 4 is 46.1 Å². The number of methoxy groups -OCH3 is 1. The van der Waals surface area contributed by atoms with E-state index in [2.05, 4.69) is 0 Å². The number of benzene rings is 1. The number of amides is 1. The predicted octanol–water partition coefficient (Wildman–Crippen LogP) is 2.11. The van der Waals surface area contributed by atoms with Gasteiger partial charge in [0.25, 0.3) is 5.91 Å². The number of nitrogens with zero attached hydrogens (tertiary/aromatic N) is 1. The Labute approximate surface area is 123 Å². The molecule has 0 aliphatic heterocycles. The molecule has 0 saturated carbocycles. The van der Waals surface area contributed by atoms with Crippen LogP contribution in [0.1, 0.15) is 10.4 Å². The number of halogens is 2. The summed E-state index contributed by atoms with van der Waals surface area (Å²) in [5, 5.41) is 9.07. The van der Waals surface area contributed by atoms with E-state index in [0.717, 1.165) is 8.47 Å². The largest absolute Gasteiger partial charge is 0.496 e. The fourth-order valence-electron chi connectivity index (χ4n) is 1.34. The Morgan fingerprint density at radius 3 is 2.61 bits per heavy atom. The van der Waals surface area contributed by atoms with Gasteiger partial charge in [-0.05, 0) is 34.7 Å². The van der Waals surface area contributed by atoms with Crippen molar-refractivity contribution in [1.29, 1.82) is 0 Å². The molecule has 0 aromatic heterocycles. The highest BCUT2D eigenvalue weighted by Crippen LogP contribution is 2.28. The van der Waals surface area contributed by atoms with Crippen LogP contribution >= 0.6 is 34.2 Å². The minimum absolute atomic E-state index is 0.242. The Balaban J connectivity index is 3.12. The highest BCUT2D eigenvalue weighted by Gasteiger charge is 2.20. The minimum Gasteiger partial charge on any atom is -0.496 e. The number of likely N-dealkylation sites (N-methyl/N-ethyl adjacent to an activating group) is 1. The molecular formula is C11H11ClINO4. The molecule has 0 fully saturated rings. The highest BCUT2D eigenvalue weighted by molar-refractivity contribution is 14.1. The van der Waals surface area contributed by atoms with E-state index < -0.39 is 11.9 Å². The van der Waals surface area contributed by atoms with Crippen molar-refractivity contribution in [2.24, 2.45) is 0 Å². The maximum atomic E-state index is 12.0. The summed E-state index contributed by atoms with van der Waals surface area (Å²) in [7, 11) is 2.84.